The van der Waals surface area contributed by atoms with E-state index in [2.05, 4.69) is 0 Å². The highest BCUT2D eigenvalue weighted by molar-refractivity contribution is 5.94. The van der Waals surface area contributed by atoms with Gasteiger partial charge in [-0.1, -0.05) is 111 Å². The van der Waals surface area contributed by atoms with Crippen LogP contribution >= 0.6 is 0 Å². The number of hydrogen-bond acceptors (Lipinski definition) is 4. The molecule has 5 nitrogen and oxygen atoms in total. The number of carbonyl (C=O) groups excluding carboxylic acids is 2. The second kappa shape index (κ2) is 13.2. The molecule has 1 aliphatic heterocycles. The molecule has 0 bridgehead atoms. The molecule has 0 N–H and O–H groups in total. The first-order chi connectivity index (χ1) is 18.7. The Balaban J connectivity index is 0.00000164. The van der Waals surface area contributed by atoms with Crippen LogP contribution in [0.4, 0.5) is 4.79 Å². The fourth-order valence-electron chi connectivity index (χ4n) is 4.45. The van der Waals surface area contributed by atoms with E-state index >= 15 is 0 Å². The van der Waals surface area contributed by atoms with Crippen LogP contribution in [0, 0.1) is 0 Å². The molecule has 1 fully saturated rings. The van der Waals surface area contributed by atoms with Crippen LogP contribution in [0.1, 0.15) is 30.5 Å². The predicted molar refractivity (Wildman–Crippen MR) is 150 cm³/mol. The van der Waals surface area contributed by atoms with Crippen molar-refractivity contribution in [2.75, 3.05) is 6.61 Å². The van der Waals surface area contributed by atoms with Gasteiger partial charge in [0.1, 0.15) is 19.0 Å². The van der Waals surface area contributed by atoms with Gasteiger partial charge in [-0.2, -0.15) is 0 Å². The van der Waals surface area contributed by atoms with Crippen molar-refractivity contribution < 1.29 is 19.1 Å². The van der Waals surface area contributed by atoms with Crippen LogP contribution in [0.15, 0.2) is 109 Å². The molecule has 38 heavy (non-hydrogen) atoms. The molecule has 2 amide bonds. The van der Waals surface area contributed by atoms with Crippen molar-refractivity contribution in [3.05, 3.63) is 126 Å². The molecule has 1 heterocycles. The van der Waals surface area contributed by atoms with E-state index in [1.807, 2.05) is 123 Å². The molecule has 4 aromatic rings. The summed E-state index contributed by atoms with van der Waals surface area (Å²) in [5.74, 6) is 0.394. The Morgan fingerprint density at radius 2 is 1.39 bits per heavy atom. The SMILES string of the molecule is CC.O=C(Cc1cc(OCc2ccccc2)cc(-c2ccccc2)c1)N1C(=O)OC[C@H]1Cc1ccccc1. The maximum Gasteiger partial charge on any atom is 0.416 e. The zero-order valence-corrected chi connectivity index (χ0v) is 21.9. The summed E-state index contributed by atoms with van der Waals surface area (Å²) >= 11 is 0. The Bertz CT molecular complexity index is 1320. The number of nitrogens with zero attached hydrogens (tertiary/aromatic N) is 1. The van der Waals surface area contributed by atoms with Crippen molar-refractivity contribution in [1.29, 1.82) is 0 Å². The molecule has 0 saturated carbocycles. The van der Waals surface area contributed by atoms with Gasteiger partial charge in [-0.3, -0.25) is 4.79 Å². The zero-order valence-electron chi connectivity index (χ0n) is 21.9. The largest absolute Gasteiger partial charge is 0.489 e. The maximum atomic E-state index is 13.3. The topological polar surface area (TPSA) is 55.8 Å². The summed E-state index contributed by atoms with van der Waals surface area (Å²) in [6.07, 6.45) is 0.0528. The summed E-state index contributed by atoms with van der Waals surface area (Å²) < 4.78 is 11.4. The second-order valence-electron chi connectivity index (χ2n) is 8.87. The monoisotopic (exact) mass is 507 g/mol. The third-order valence-electron chi connectivity index (χ3n) is 6.22. The quantitative estimate of drug-likeness (QED) is 0.255. The zero-order chi connectivity index (χ0) is 26.7. The van der Waals surface area contributed by atoms with Gasteiger partial charge in [0.05, 0.1) is 12.5 Å². The third kappa shape index (κ3) is 6.88. The number of imide groups is 1. The Kier molecular flexibility index (Phi) is 9.30. The van der Waals surface area contributed by atoms with Gasteiger partial charge in [-0.25, -0.2) is 9.69 Å². The van der Waals surface area contributed by atoms with Crippen LogP contribution in [-0.4, -0.2) is 29.5 Å². The van der Waals surface area contributed by atoms with Crippen LogP contribution in [0.2, 0.25) is 0 Å². The molecule has 0 unspecified atom stereocenters. The van der Waals surface area contributed by atoms with Gasteiger partial charge < -0.3 is 9.47 Å². The number of benzene rings is 4. The van der Waals surface area contributed by atoms with Crippen LogP contribution in [0.25, 0.3) is 11.1 Å². The van der Waals surface area contributed by atoms with E-state index in [4.69, 9.17) is 9.47 Å². The third-order valence-corrected chi connectivity index (χ3v) is 6.22. The second-order valence-corrected chi connectivity index (χ2v) is 8.87. The number of cyclic esters (lactones) is 1. The lowest BCUT2D eigenvalue weighted by Gasteiger charge is -2.20. The normalized spacial score (nSPS) is 14.3. The molecule has 194 valence electrons. The highest BCUT2D eigenvalue weighted by Gasteiger charge is 2.37. The first-order valence-electron chi connectivity index (χ1n) is 13.0. The highest BCUT2D eigenvalue weighted by Crippen LogP contribution is 2.28. The van der Waals surface area contributed by atoms with Crippen LogP contribution in [0.3, 0.4) is 0 Å². The van der Waals surface area contributed by atoms with E-state index < -0.39 is 6.09 Å². The van der Waals surface area contributed by atoms with Gasteiger partial charge in [0, 0.05) is 0 Å². The van der Waals surface area contributed by atoms with Gasteiger partial charge in [-0.05, 0) is 46.4 Å². The summed E-state index contributed by atoms with van der Waals surface area (Å²) in [5.41, 5.74) is 4.88. The number of rotatable bonds is 8. The minimum atomic E-state index is -0.583. The summed E-state index contributed by atoms with van der Waals surface area (Å²) in [6.45, 7) is 4.62. The molecule has 5 rings (SSSR count). The molecule has 1 saturated heterocycles. The van der Waals surface area contributed by atoms with Crippen molar-refractivity contribution in [2.24, 2.45) is 0 Å². The first kappa shape index (κ1) is 26.7. The lowest BCUT2D eigenvalue weighted by molar-refractivity contribution is -0.128. The van der Waals surface area contributed by atoms with E-state index in [1.165, 1.54) is 4.90 Å². The molecule has 0 aromatic heterocycles. The minimum absolute atomic E-state index is 0.0722. The fourth-order valence-corrected chi connectivity index (χ4v) is 4.45. The lowest BCUT2D eigenvalue weighted by Crippen LogP contribution is -2.41. The van der Waals surface area contributed by atoms with Crippen molar-refractivity contribution >= 4 is 12.0 Å². The Morgan fingerprint density at radius 3 is 2.05 bits per heavy atom. The number of amides is 2. The van der Waals surface area contributed by atoms with E-state index in [0.29, 0.717) is 18.8 Å². The minimum Gasteiger partial charge on any atom is -0.489 e. The average molecular weight is 508 g/mol. The predicted octanol–water partition coefficient (Wildman–Crippen LogP) is 7.09. The average Bonchev–Trinajstić information content (AvgIpc) is 3.34. The standard InChI is InChI=1S/C31H27NO4.C2H6/c33-30(32-28(22-36-31(32)34)17-23-10-4-1-5-11-23)19-25-16-27(26-14-8-3-9-15-26)20-29(18-25)35-21-24-12-6-2-7-13-24;1-2/h1-16,18,20,28H,17,19,21-22H2;1-2H3/t28-;/m1./s1. The summed E-state index contributed by atoms with van der Waals surface area (Å²) in [4.78, 5) is 27.1. The van der Waals surface area contributed by atoms with Gasteiger partial charge >= 0.3 is 6.09 Å². The van der Waals surface area contributed by atoms with E-state index in [0.717, 1.165) is 27.8 Å². The van der Waals surface area contributed by atoms with Crippen molar-refractivity contribution in [1.82, 2.24) is 4.90 Å². The Morgan fingerprint density at radius 1 is 0.789 bits per heavy atom. The van der Waals surface area contributed by atoms with E-state index in [1.54, 1.807) is 0 Å². The van der Waals surface area contributed by atoms with Crippen molar-refractivity contribution in [3.8, 4) is 16.9 Å². The first-order valence-corrected chi connectivity index (χ1v) is 13.0. The Labute approximate surface area is 224 Å². The highest BCUT2D eigenvalue weighted by atomic mass is 16.6. The van der Waals surface area contributed by atoms with Gasteiger partial charge in [0.25, 0.3) is 0 Å². The Hall–Kier alpha value is -4.38. The number of carbonyl (C=O) groups is 2. The molecular weight excluding hydrogens is 474 g/mol. The van der Waals surface area contributed by atoms with Gasteiger partial charge in [0.2, 0.25) is 5.91 Å². The molecule has 4 aromatic carbocycles. The molecule has 1 aliphatic rings. The van der Waals surface area contributed by atoms with Crippen LogP contribution in [-0.2, 0) is 29.0 Å². The maximum absolute atomic E-state index is 13.3. The molecule has 5 heteroatoms. The molecule has 0 radical (unpaired) electrons. The van der Waals surface area contributed by atoms with E-state index in [-0.39, 0.29) is 25.0 Å². The summed E-state index contributed by atoms with van der Waals surface area (Å²) in [7, 11) is 0. The molecule has 0 aliphatic carbocycles. The van der Waals surface area contributed by atoms with Crippen molar-refractivity contribution in [2.45, 2.75) is 39.3 Å². The number of hydrogen-bond donors (Lipinski definition) is 0. The van der Waals surface area contributed by atoms with Gasteiger partial charge in [0.15, 0.2) is 0 Å². The summed E-state index contributed by atoms with van der Waals surface area (Å²) in [5, 5.41) is 0. The smallest absolute Gasteiger partial charge is 0.416 e. The van der Waals surface area contributed by atoms with Crippen LogP contribution < -0.4 is 4.74 Å². The van der Waals surface area contributed by atoms with Gasteiger partial charge in [-0.15, -0.1) is 0 Å². The fraction of sp³-hybridized carbons (Fsp3) is 0.212. The molecule has 1 atom stereocenters. The van der Waals surface area contributed by atoms with Crippen molar-refractivity contribution in [3.63, 3.8) is 0 Å². The lowest BCUT2D eigenvalue weighted by atomic mass is 10.00. The number of ether oxygens (including phenoxy) is 2. The molecule has 0 spiro atoms. The molecular formula is C33H33NO4. The summed E-state index contributed by atoms with van der Waals surface area (Å²) in [6, 6.07) is 35.3. The van der Waals surface area contributed by atoms with Crippen LogP contribution in [0.5, 0.6) is 5.75 Å². The van der Waals surface area contributed by atoms with E-state index in [9.17, 15) is 9.59 Å².